The van der Waals surface area contributed by atoms with Gasteiger partial charge in [0.25, 0.3) is 0 Å². The molecule has 0 aliphatic rings. The van der Waals surface area contributed by atoms with Gasteiger partial charge < -0.3 is 9.47 Å². The number of aromatic nitrogens is 2. The first-order chi connectivity index (χ1) is 17.6. The third kappa shape index (κ3) is 8.74. The van der Waals surface area contributed by atoms with Gasteiger partial charge in [0.15, 0.2) is 5.82 Å². The Balaban J connectivity index is 1.51. The molecule has 3 rings (SSSR count). The number of ether oxygens (including phenoxy) is 2. The minimum atomic E-state index is -0.755. The summed E-state index contributed by atoms with van der Waals surface area (Å²) in [7, 11) is 0. The largest absolute Gasteiger partial charge is 0.493 e. The van der Waals surface area contributed by atoms with Crippen LogP contribution < -0.4 is 9.47 Å². The molecule has 0 N–H and O–H groups in total. The lowest BCUT2D eigenvalue weighted by atomic mass is 10.1. The van der Waals surface area contributed by atoms with Crippen LogP contribution in [0.3, 0.4) is 0 Å². The fourth-order valence-electron chi connectivity index (χ4n) is 3.87. The Labute approximate surface area is 214 Å². The quantitative estimate of drug-likeness (QED) is 0.122. The van der Waals surface area contributed by atoms with Gasteiger partial charge in [0.1, 0.15) is 17.3 Å². The average molecular weight is 493 g/mol. The van der Waals surface area contributed by atoms with Gasteiger partial charge in [-0.1, -0.05) is 58.8 Å². The van der Waals surface area contributed by atoms with E-state index in [1.807, 2.05) is 12.4 Å². The molecular formula is C30H37FN2O3. The Kier molecular flexibility index (Phi) is 11.4. The second kappa shape index (κ2) is 15.0. The molecular weight excluding hydrogens is 455 g/mol. The first-order valence-electron chi connectivity index (χ1n) is 13.2. The molecule has 0 aliphatic heterocycles. The summed E-state index contributed by atoms with van der Waals surface area (Å²) in [5, 5.41) is 0. The zero-order valence-corrected chi connectivity index (χ0v) is 21.5. The predicted molar refractivity (Wildman–Crippen MR) is 141 cm³/mol. The number of hydrogen-bond acceptors (Lipinski definition) is 5. The summed E-state index contributed by atoms with van der Waals surface area (Å²) in [4.78, 5) is 21.4. The zero-order chi connectivity index (χ0) is 25.6. The van der Waals surface area contributed by atoms with Crippen molar-refractivity contribution in [1.82, 2.24) is 9.97 Å². The predicted octanol–water partition coefficient (Wildman–Crippen LogP) is 7.97. The van der Waals surface area contributed by atoms with E-state index in [1.54, 1.807) is 30.3 Å². The van der Waals surface area contributed by atoms with Crippen molar-refractivity contribution in [3.8, 4) is 22.9 Å². The van der Waals surface area contributed by atoms with Crippen LogP contribution in [0.25, 0.3) is 11.4 Å². The molecule has 0 bridgehead atoms. The first-order valence-corrected chi connectivity index (χ1v) is 13.2. The van der Waals surface area contributed by atoms with E-state index in [-0.39, 0.29) is 5.56 Å². The van der Waals surface area contributed by atoms with Crippen molar-refractivity contribution in [3.63, 3.8) is 0 Å². The second-order valence-corrected chi connectivity index (χ2v) is 9.04. The molecule has 0 fully saturated rings. The summed E-state index contributed by atoms with van der Waals surface area (Å²) >= 11 is 0. The van der Waals surface area contributed by atoms with Crippen molar-refractivity contribution in [2.24, 2.45) is 0 Å². The Hall–Kier alpha value is -3.28. The molecule has 5 nitrogen and oxygen atoms in total. The van der Waals surface area contributed by atoms with E-state index >= 15 is 0 Å². The number of hydrogen-bond donors (Lipinski definition) is 0. The van der Waals surface area contributed by atoms with E-state index in [2.05, 4.69) is 23.8 Å². The van der Waals surface area contributed by atoms with Gasteiger partial charge in [-0.05, 0) is 61.2 Å². The maximum absolute atomic E-state index is 14.5. The molecule has 3 aromatic rings. The number of unbranched alkanes of at least 4 members (excludes halogenated alkanes) is 7. The smallest absolute Gasteiger partial charge is 0.346 e. The Morgan fingerprint density at radius 2 is 1.44 bits per heavy atom. The number of halogens is 1. The molecule has 0 radical (unpaired) electrons. The highest BCUT2D eigenvalue weighted by Crippen LogP contribution is 2.22. The lowest BCUT2D eigenvalue weighted by Crippen LogP contribution is -2.11. The van der Waals surface area contributed by atoms with E-state index in [4.69, 9.17) is 9.47 Å². The Morgan fingerprint density at radius 1 is 0.806 bits per heavy atom. The van der Waals surface area contributed by atoms with E-state index in [0.29, 0.717) is 23.9 Å². The van der Waals surface area contributed by atoms with Crippen molar-refractivity contribution in [2.75, 3.05) is 6.61 Å². The summed E-state index contributed by atoms with van der Waals surface area (Å²) in [6.45, 7) is 4.91. The third-order valence-electron chi connectivity index (χ3n) is 6.02. The zero-order valence-electron chi connectivity index (χ0n) is 21.5. The molecule has 1 heterocycles. The van der Waals surface area contributed by atoms with Gasteiger partial charge in [-0.15, -0.1) is 0 Å². The van der Waals surface area contributed by atoms with E-state index in [1.165, 1.54) is 50.7 Å². The molecule has 192 valence electrons. The van der Waals surface area contributed by atoms with Crippen LogP contribution in [0.15, 0.2) is 54.9 Å². The van der Waals surface area contributed by atoms with Crippen molar-refractivity contribution >= 4 is 5.97 Å². The molecule has 2 aromatic carbocycles. The minimum Gasteiger partial charge on any atom is -0.493 e. The van der Waals surface area contributed by atoms with Crippen LogP contribution in [0.1, 0.15) is 87.6 Å². The second-order valence-electron chi connectivity index (χ2n) is 9.04. The normalized spacial score (nSPS) is 10.9. The van der Waals surface area contributed by atoms with Crippen molar-refractivity contribution in [3.05, 3.63) is 71.8 Å². The summed E-state index contributed by atoms with van der Waals surface area (Å²) in [5.74, 6) is -0.0746. The Morgan fingerprint density at radius 3 is 2.11 bits per heavy atom. The highest BCUT2D eigenvalue weighted by Gasteiger charge is 2.15. The fourth-order valence-corrected chi connectivity index (χ4v) is 3.87. The molecule has 36 heavy (non-hydrogen) atoms. The van der Waals surface area contributed by atoms with Gasteiger partial charge in [0.05, 0.1) is 12.2 Å². The summed E-state index contributed by atoms with van der Waals surface area (Å²) < 4.78 is 25.5. The molecule has 0 unspecified atom stereocenters. The highest BCUT2D eigenvalue weighted by atomic mass is 19.1. The van der Waals surface area contributed by atoms with Crippen LogP contribution in [-0.2, 0) is 6.42 Å². The standard InChI is InChI=1S/C30H37FN2O3/c1-3-5-7-9-11-19-35-26-17-18-27(28(31)20-26)30(34)36-25-15-13-24(14-16-25)29-32-21-23(22-33-29)12-10-8-6-4-2/h13-18,20-22H,3-12,19H2,1-2H3. The van der Waals surface area contributed by atoms with Gasteiger partial charge in [-0.3, -0.25) is 0 Å². The third-order valence-corrected chi connectivity index (χ3v) is 6.02. The number of rotatable bonds is 15. The van der Waals surface area contributed by atoms with Gasteiger partial charge in [-0.2, -0.15) is 0 Å². The molecule has 0 aliphatic carbocycles. The van der Waals surface area contributed by atoms with E-state index in [0.717, 1.165) is 36.8 Å². The average Bonchev–Trinajstić information content (AvgIpc) is 2.89. The van der Waals surface area contributed by atoms with Crippen LogP contribution in [0.5, 0.6) is 11.5 Å². The minimum absolute atomic E-state index is 0.132. The van der Waals surface area contributed by atoms with E-state index in [9.17, 15) is 9.18 Å². The molecule has 1 aromatic heterocycles. The van der Waals surface area contributed by atoms with Crippen molar-refractivity contribution in [1.29, 1.82) is 0 Å². The first kappa shape index (κ1) is 27.3. The van der Waals surface area contributed by atoms with Gasteiger partial charge in [0.2, 0.25) is 0 Å². The van der Waals surface area contributed by atoms with Gasteiger partial charge >= 0.3 is 5.97 Å². The highest BCUT2D eigenvalue weighted by molar-refractivity contribution is 5.91. The molecule has 0 spiro atoms. The van der Waals surface area contributed by atoms with Crippen LogP contribution in [0.4, 0.5) is 4.39 Å². The van der Waals surface area contributed by atoms with Crippen LogP contribution in [0.2, 0.25) is 0 Å². The van der Waals surface area contributed by atoms with Crippen LogP contribution in [0, 0.1) is 5.82 Å². The lowest BCUT2D eigenvalue weighted by molar-refractivity contribution is 0.0730. The topological polar surface area (TPSA) is 61.3 Å². The number of carbonyl (C=O) groups excluding carboxylic acids is 1. The molecule has 6 heteroatoms. The number of esters is 1. The number of aryl methyl sites for hydroxylation is 1. The summed E-state index contributed by atoms with van der Waals surface area (Å²) in [5.41, 5.74) is 1.81. The number of benzene rings is 2. The summed E-state index contributed by atoms with van der Waals surface area (Å²) in [6.07, 6.45) is 15.2. The molecule has 0 atom stereocenters. The van der Waals surface area contributed by atoms with Crippen LogP contribution in [-0.4, -0.2) is 22.5 Å². The number of carbonyl (C=O) groups is 1. The molecule has 0 saturated carbocycles. The van der Waals surface area contributed by atoms with Crippen molar-refractivity contribution in [2.45, 2.75) is 78.1 Å². The van der Waals surface area contributed by atoms with Gasteiger partial charge in [-0.25, -0.2) is 19.2 Å². The maximum atomic E-state index is 14.5. The fraction of sp³-hybridized carbons (Fsp3) is 0.433. The number of nitrogens with zero attached hydrogens (tertiary/aromatic N) is 2. The van der Waals surface area contributed by atoms with Gasteiger partial charge in [0, 0.05) is 24.0 Å². The maximum Gasteiger partial charge on any atom is 0.346 e. The molecule has 0 amide bonds. The molecule has 0 saturated heterocycles. The monoisotopic (exact) mass is 492 g/mol. The van der Waals surface area contributed by atoms with E-state index < -0.39 is 11.8 Å². The van der Waals surface area contributed by atoms with Crippen molar-refractivity contribution < 1.29 is 18.7 Å². The lowest BCUT2D eigenvalue weighted by Gasteiger charge is -2.09. The SMILES string of the molecule is CCCCCCCOc1ccc(C(=O)Oc2ccc(-c3ncc(CCCCCC)cn3)cc2)c(F)c1. The Bertz CT molecular complexity index is 1070. The van der Waals surface area contributed by atoms with Crippen LogP contribution >= 0.6 is 0 Å². The summed E-state index contributed by atoms with van der Waals surface area (Å²) in [6, 6.07) is 11.1.